The van der Waals surface area contributed by atoms with Gasteiger partial charge < -0.3 is 4.42 Å². The summed E-state index contributed by atoms with van der Waals surface area (Å²) in [6.07, 6.45) is 3.32. The zero-order chi connectivity index (χ0) is 14.7. The predicted octanol–water partition coefficient (Wildman–Crippen LogP) is 3.48. The van der Waals surface area contributed by atoms with Crippen LogP contribution in [0, 0.1) is 6.92 Å². The molecule has 0 aliphatic rings. The van der Waals surface area contributed by atoms with Gasteiger partial charge in [0.1, 0.15) is 0 Å². The Morgan fingerprint density at radius 1 is 1.24 bits per heavy atom. The summed E-state index contributed by atoms with van der Waals surface area (Å²) < 4.78 is 5.53. The van der Waals surface area contributed by atoms with E-state index in [4.69, 9.17) is 4.42 Å². The first-order chi connectivity index (χ1) is 10.2. The predicted molar refractivity (Wildman–Crippen MR) is 81.6 cm³/mol. The lowest BCUT2D eigenvalue weighted by Crippen LogP contribution is -1.99. The van der Waals surface area contributed by atoms with Crippen LogP contribution in [0.5, 0.6) is 0 Å². The summed E-state index contributed by atoms with van der Waals surface area (Å²) in [5, 5.41) is 8.30. The first-order valence-corrected chi connectivity index (χ1v) is 7.99. The molecule has 0 aromatic carbocycles. The van der Waals surface area contributed by atoms with Crippen molar-refractivity contribution < 1.29 is 9.21 Å². The molecule has 3 aromatic rings. The van der Waals surface area contributed by atoms with Gasteiger partial charge in [-0.25, -0.2) is 0 Å². The van der Waals surface area contributed by atoms with E-state index in [2.05, 4.69) is 15.2 Å². The highest BCUT2D eigenvalue weighted by molar-refractivity contribution is 7.99. The van der Waals surface area contributed by atoms with Gasteiger partial charge in [-0.15, -0.1) is 21.5 Å². The van der Waals surface area contributed by atoms with E-state index in [0.717, 1.165) is 15.3 Å². The SMILES string of the molecule is Cc1ccc(C(=O)CSc2nnc(-c3ccncc3)o2)s1. The minimum Gasteiger partial charge on any atom is -0.411 e. The van der Waals surface area contributed by atoms with Crippen LogP contribution in [0.25, 0.3) is 11.5 Å². The molecule has 0 unspecified atom stereocenters. The summed E-state index contributed by atoms with van der Waals surface area (Å²) in [7, 11) is 0. The average molecular weight is 317 g/mol. The Labute approximate surface area is 129 Å². The Morgan fingerprint density at radius 2 is 2.05 bits per heavy atom. The quantitative estimate of drug-likeness (QED) is 0.530. The third-order valence-electron chi connectivity index (χ3n) is 2.68. The summed E-state index contributed by atoms with van der Waals surface area (Å²) in [5.41, 5.74) is 0.810. The van der Waals surface area contributed by atoms with Crippen molar-refractivity contribution in [3.8, 4) is 11.5 Å². The summed E-state index contributed by atoms with van der Waals surface area (Å²) >= 11 is 2.75. The maximum absolute atomic E-state index is 12.0. The van der Waals surface area contributed by atoms with E-state index < -0.39 is 0 Å². The third kappa shape index (κ3) is 3.37. The highest BCUT2D eigenvalue weighted by Gasteiger charge is 2.13. The molecule has 0 spiro atoms. The maximum atomic E-state index is 12.0. The summed E-state index contributed by atoms with van der Waals surface area (Å²) in [6.45, 7) is 1.98. The van der Waals surface area contributed by atoms with Crippen molar-refractivity contribution in [3.63, 3.8) is 0 Å². The molecule has 3 rings (SSSR count). The molecule has 0 aliphatic heterocycles. The zero-order valence-corrected chi connectivity index (χ0v) is 12.8. The molecule has 0 radical (unpaired) electrons. The number of ketones is 1. The smallest absolute Gasteiger partial charge is 0.277 e. The van der Waals surface area contributed by atoms with Gasteiger partial charge in [0.05, 0.1) is 10.6 Å². The van der Waals surface area contributed by atoms with Crippen LogP contribution < -0.4 is 0 Å². The molecule has 5 nitrogen and oxygen atoms in total. The molecule has 0 fully saturated rings. The van der Waals surface area contributed by atoms with Crippen LogP contribution >= 0.6 is 23.1 Å². The van der Waals surface area contributed by atoms with Gasteiger partial charge in [0.25, 0.3) is 5.22 Å². The fourth-order valence-corrected chi connectivity index (χ4v) is 3.20. The van der Waals surface area contributed by atoms with Crippen molar-refractivity contribution in [1.82, 2.24) is 15.2 Å². The van der Waals surface area contributed by atoms with Crippen molar-refractivity contribution in [2.75, 3.05) is 5.75 Å². The van der Waals surface area contributed by atoms with E-state index in [1.165, 1.54) is 23.1 Å². The third-order valence-corrected chi connectivity index (χ3v) is 4.54. The van der Waals surface area contributed by atoms with Gasteiger partial charge in [0, 0.05) is 22.8 Å². The fourth-order valence-electron chi connectivity index (χ4n) is 1.66. The minimum absolute atomic E-state index is 0.0711. The number of hydrogen-bond acceptors (Lipinski definition) is 7. The molecule has 106 valence electrons. The van der Waals surface area contributed by atoms with Gasteiger partial charge in [-0.2, -0.15) is 0 Å². The lowest BCUT2D eigenvalue weighted by atomic mass is 10.3. The summed E-state index contributed by atoms with van der Waals surface area (Å²) in [5.74, 6) is 0.791. The Morgan fingerprint density at radius 3 is 2.76 bits per heavy atom. The first-order valence-electron chi connectivity index (χ1n) is 6.19. The van der Waals surface area contributed by atoms with Crippen molar-refractivity contribution in [2.45, 2.75) is 12.1 Å². The molecular formula is C14H11N3O2S2. The number of Topliss-reactive ketones (excluding diaryl/α,β-unsaturated/α-hetero) is 1. The molecule has 3 heterocycles. The van der Waals surface area contributed by atoms with Crippen LogP contribution in [0.4, 0.5) is 0 Å². The monoisotopic (exact) mass is 317 g/mol. The van der Waals surface area contributed by atoms with Crippen LogP contribution in [-0.4, -0.2) is 26.7 Å². The zero-order valence-electron chi connectivity index (χ0n) is 11.1. The molecule has 0 bridgehead atoms. The van der Waals surface area contributed by atoms with E-state index in [1.807, 2.05) is 19.1 Å². The number of pyridine rings is 1. The highest BCUT2D eigenvalue weighted by Crippen LogP contribution is 2.24. The molecule has 3 aromatic heterocycles. The van der Waals surface area contributed by atoms with E-state index >= 15 is 0 Å². The molecule has 0 saturated carbocycles. The number of thiophene rings is 1. The molecule has 0 amide bonds. The van der Waals surface area contributed by atoms with Gasteiger partial charge in [0.2, 0.25) is 5.89 Å². The van der Waals surface area contributed by atoms with E-state index in [9.17, 15) is 4.79 Å². The minimum atomic E-state index is 0.0711. The van der Waals surface area contributed by atoms with E-state index in [-0.39, 0.29) is 11.5 Å². The lowest BCUT2D eigenvalue weighted by molar-refractivity contribution is 0.102. The number of carbonyl (C=O) groups is 1. The standard InChI is InChI=1S/C14H11N3O2S2/c1-9-2-3-12(21-9)11(18)8-20-14-17-16-13(19-14)10-4-6-15-7-5-10/h2-7H,8H2,1H3. The Bertz CT molecular complexity index is 752. The Balaban J connectivity index is 1.64. The second-order valence-corrected chi connectivity index (χ2v) is 6.45. The van der Waals surface area contributed by atoms with Crippen LogP contribution in [0.3, 0.4) is 0 Å². The highest BCUT2D eigenvalue weighted by atomic mass is 32.2. The second kappa shape index (κ2) is 6.19. The molecular weight excluding hydrogens is 306 g/mol. The number of thioether (sulfide) groups is 1. The van der Waals surface area contributed by atoms with Gasteiger partial charge in [-0.05, 0) is 31.2 Å². The molecule has 0 N–H and O–H groups in total. The average Bonchev–Trinajstić information content (AvgIpc) is 3.15. The van der Waals surface area contributed by atoms with Gasteiger partial charge in [0.15, 0.2) is 5.78 Å². The van der Waals surface area contributed by atoms with E-state index in [1.54, 1.807) is 24.5 Å². The number of nitrogens with zero attached hydrogens (tertiary/aromatic N) is 3. The fraction of sp³-hybridized carbons (Fsp3) is 0.143. The van der Waals surface area contributed by atoms with Crippen molar-refractivity contribution in [2.24, 2.45) is 0 Å². The number of rotatable bonds is 5. The topological polar surface area (TPSA) is 68.9 Å². The first kappa shape index (κ1) is 14.0. The number of aromatic nitrogens is 3. The Kier molecular flexibility index (Phi) is 4.12. The van der Waals surface area contributed by atoms with E-state index in [0.29, 0.717) is 11.1 Å². The van der Waals surface area contributed by atoms with Crippen molar-refractivity contribution >= 4 is 28.9 Å². The summed E-state index contributed by atoms with van der Waals surface area (Å²) in [4.78, 5) is 17.8. The van der Waals surface area contributed by atoms with Crippen molar-refractivity contribution in [1.29, 1.82) is 0 Å². The number of aryl methyl sites for hydroxylation is 1. The van der Waals surface area contributed by atoms with Crippen LogP contribution in [-0.2, 0) is 0 Å². The van der Waals surface area contributed by atoms with Gasteiger partial charge in [-0.1, -0.05) is 11.8 Å². The largest absolute Gasteiger partial charge is 0.411 e. The maximum Gasteiger partial charge on any atom is 0.277 e. The Hall–Kier alpha value is -1.99. The molecule has 0 saturated heterocycles. The van der Waals surface area contributed by atoms with Gasteiger partial charge in [-0.3, -0.25) is 9.78 Å². The molecule has 0 aliphatic carbocycles. The van der Waals surface area contributed by atoms with Crippen LogP contribution in [0.2, 0.25) is 0 Å². The molecule has 21 heavy (non-hydrogen) atoms. The van der Waals surface area contributed by atoms with Crippen LogP contribution in [0.1, 0.15) is 14.5 Å². The summed E-state index contributed by atoms with van der Waals surface area (Å²) in [6, 6.07) is 7.37. The van der Waals surface area contributed by atoms with Crippen LogP contribution in [0.15, 0.2) is 46.3 Å². The molecule has 7 heteroatoms. The molecule has 0 atom stereocenters. The number of hydrogen-bond donors (Lipinski definition) is 0. The normalized spacial score (nSPS) is 10.7. The lowest BCUT2D eigenvalue weighted by Gasteiger charge is -1.94. The van der Waals surface area contributed by atoms with Gasteiger partial charge >= 0.3 is 0 Å². The number of carbonyl (C=O) groups excluding carboxylic acids is 1. The second-order valence-electron chi connectivity index (χ2n) is 4.23. The van der Waals surface area contributed by atoms with Crippen molar-refractivity contribution in [3.05, 3.63) is 46.4 Å².